The summed E-state index contributed by atoms with van der Waals surface area (Å²) in [6.07, 6.45) is 3.24. The largest absolute Gasteiger partial charge is 0.496 e. The Labute approximate surface area is 152 Å². The third-order valence-corrected chi connectivity index (χ3v) is 4.40. The minimum Gasteiger partial charge on any atom is -0.496 e. The number of nitrogens with zero attached hydrogens (tertiary/aromatic N) is 3. The molecule has 0 fully saturated rings. The lowest BCUT2D eigenvalue weighted by Gasteiger charge is -2.06. The first kappa shape index (κ1) is 18.1. The fraction of sp³-hybridized carbons (Fsp3) is 0.250. The highest BCUT2D eigenvalue weighted by Gasteiger charge is 2.14. The number of nitrogens with one attached hydrogen (secondary N) is 1. The van der Waals surface area contributed by atoms with E-state index in [9.17, 15) is 10.1 Å². The van der Waals surface area contributed by atoms with Gasteiger partial charge < -0.3 is 4.74 Å². The molecule has 6 nitrogen and oxygen atoms in total. The van der Waals surface area contributed by atoms with Gasteiger partial charge in [-0.15, -0.1) is 10.2 Å². The second-order valence-corrected chi connectivity index (χ2v) is 6.74. The lowest BCUT2D eigenvalue weighted by molar-refractivity contribution is -0.112. The molecule has 0 atom stereocenters. The Morgan fingerprint density at radius 2 is 2.29 bits per heavy atom. The number of aryl methyl sites for hydroxylation is 1. The highest BCUT2D eigenvalue weighted by Crippen LogP contribution is 2.25. The van der Waals surface area contributed by atoms with Gasteiger partial charge in [0.05, 0.1) is 7.11 Å². The molecule has 0 bridgehead atoms. The molecule has 0 saturated heterocycles. The van der Waals surface area contributed by atoms with Gasteiger partial charge in [-0.05, 0) is 30.7 Å². The van der Waals surface area contributed by atoms with E-state index in [2.05, 4.69) is 31.4 Å². The zero-order valence-corrected chi connectivity index (χ0v) is 15.6. The molecule has 8 heteroatoms. The Hall–Kier alpha value is -2.24. The lowest BCUT2D eigenvalue weighted by atomic mass is 10.1. The molecule has 0 aliphatic heterocycles. The van der Waals surface area contributed by atoms with Crippen LogP contribution in [-0.2, 0) is 11.2 Å². The maximum absolute atomic E-state index is 12.3. The van der Waals surface area contributed by atoms with Crippen molar-refractivity contribution in [2.45, 2.75) is 19.8 Å². The first-order valence-corrected chi connectivity index (χ1v) is 8.77. The van der Waals surface area contributed by atoms with Crippen LogP contribution in [0.1, 0.15) is 23.9 Å². The van der Waals surface area contributed by atoms with E-state index in [4.69, 9.17) is 4.74 Å². The third-order valence-electron chi connectivity index (χ3n) is 3.01. The van der Waals surface area contributed by atoms with Crippen LogP contribution in [0.25, 0.3) is 6.08 Å². The van der Waals surface area contributed by atoms with Crippen LogP contribution in [0.2, 0.25) is 0 Å². The van der Waals surface area contributed by atoms with E-state index >= 15 is 0 Å². The van der Waals surface area contributed by atoms with E-state index < -0.39 is 5.91 Å². The molecule has 2 aromatic rings. The maximum atomic E-state index is 12.3. The van der Waals surface area contributed by atoms with Crippen LogP contribution >= 0.6 is 27.3 Å². The van der Waals surface area contributed by atoms with Crippen molar-refractivity contribution in [3.8, 4) is 11.8 Å². The smallest absolute Gasteiger partial charge is 0.268 e. The summed E-state index contributed by atoms with van der Waals surface area (Å²) < 4.78 is 6.07. The minimum atomic E-state index is -0.529. The maximum Gasteiger partial charge on any atom is 0.268 e. The molecule has 0 unspecified atom stereocenters. The predicted octanol–water partition coefficient (Wildman–Crippen LogP) is 3.81. The summed E-state index contributed by atoms with van der Waals surface area (Å²) >= 11 is 4.67. The first-order valence-electron chi connectivity index (χ1n) is 7.16. The molecule has 1 N–H and O–H groups in total. The molecular weight excluding hydrogens is 392 g/mol. The fourth-order valence-corrected chi connectivity index (χ4v) is 3.12. The SMILES string of the molecule is CCCc1nnc(NC(=O)/C(C#N)=C\c2cc(Br)ccc2OC)s1. The van der Waals surface area contributed by atoms with E-state index in [1.54, 1.807) is 12.1 Å². The van der Waals surface area contributed by atoms with E-state index in [-0.39, 0.29) is 5.57 Å². The Bertz CT molecular complexity index is 811. The van der Waals surface area contributed by atoms with Crippen molar-refractivity contribution in [2.75, 3.05) is 12.4 Å². The number of ether oxygens (including phenoxy) is 1. The number of methoxy groups -OCH3 is 1. The summed E-state index contributed by atoms with van der Waals surface area (Å²) in [5, 5.41) is 21.0. The quantitative estimate of drug-likeness (QED) is 0.581. The number of hydrogen-bond acceptors (Lipinski definition) is 6. The minimum absolute atomic E-state index is 0.0429. The number of benzene rings is 1. The summed E-state index contributed by atoms with van der Waals surface area (Å²) in [7, 11) is 1.53. The summed E-state index contributed by atoms with van der Waals surface area (Å²) in [6.45, 7) is 2.04. The number of halogens is 1. The number of nitriles is 1. The van der Waals surface area contributed by atoms with Crippen LogP contribution in [0, 0.1) is 11.3 Å². The molecule has 0 aliphatic carbocycles. The number of anilines is 1. The van der Waals surface area contributed by atoms with E-state index in [1.165, 1.54) is 24.5 Å². The lowest BCUT2D eigenvalue weighted by Crippen LogP contribution is -2.13. The van der Waals surface area contributed by atoms with Gasteiger partial charge in [-0.1, -0.05) is 34.2 Å². The zero-order chi connectivity index (χ0) is 17.5. The van der Waals surface area contributed by atoms with Crippen LogP contribution in [0.5, 0.6) is 5.75 Å². The molecule has 1 aromatic heterocycles. The van der Waals surface area contributed by atoms with Crippen LogP contribution < -0.4 is 10.1 Å². The molecule has 1 amide bonds. The van der Waals surface area contributed by atoms with Gasteiger partial charge >= 0.3 is 0 Å². The Kier molecular flexibility index (Phi) is 6.46. The third kappa shape index (κ3) is 4.63. The first-order chi connectivity index (χ1) is 11.6. The molecule has 24 heavy (non-hydrogen) atoms. The van der Waals surface area contributed by atoms with Crippen molar-refractivity contribution in [1.82, 2.24) is 10.2 Å². The van der Waals surface area contributed by atoms with Gasteiger partial charge in [0, 0.05) is 16.5 Å². The highest BCUT2D eigenvalue weighted by atomic mass is 79.9. The predicted molar refractivity (Wildman–Crippen MR) is 96.8 cm³/mol. The average Bonchev–Trinajstić information content (AvgIpc) is 3.00. The van der Waals surface area contributed by atoms with E-state index in [1.807, 2.05) is 19.1 Å². The second-order valence-electron chi connectivity index (χ2n) is 4.76. The van der Waals surface area contributed by atoms with Crippen LogP contribution in [0.3, 0.4) is 0 Å². The zero-order valence-electron chi connectivity index (χ0n) is 13.2. The Balaban J connectivity index is 2.22. The number of carbonyl (C=O) groups is 1. The summed E-state index contributed by atoms with van der Waals surface area (Å²) in [5.74, 6) is 0.0404. The molecule has 0 saturated carbocycles. The van der Waals surface area contributed by atoms with Gasteiger partial charge in [0.2, 0.25) is 5.13 Å². The molecule has 1 heterocycles. The van der Waals surface area contributed by atoms with E-state index in [0.717, 1.165) is 22.3 Å². The van der Waals surface area contributed by atoms with Gasteiger partial charge in [-0.25, -0.2) is 0 Å². The van der Waals surface area contributed by atoms with Gasteiger partial charge in [-0.3, -0.25) is 10.1 Å². The van der Waals surface area contributed by atoms with Crippen LogP contribution in [0.4, 0.5) is 5.13 Å². The molecule has 2 rings (SSSR count). The Morgan fingerprint density at radius 3 is 2.96 bits per heavy atom. The van der Waals surface area contributed by atoms with Crippen molar-refractivity contribution < 1.29 is 9.53 Å². The topological polar surface area (TPSA) is 87.9 Å². The van der Waals surface area contributed by atoms with Crippen molar-refractivity contribution in [3.63, 3.8) is 0 Å². The average molecular weight is 407 g/mol. The monoisotopic (exact) mass is 406 g/mol. The number of rotatable bonds is 6. The fourth-order valence-electron chi connectivity index (χ4n) is 1.91. The van der Waals surface area contributed by atoms with Crippen molar-refractivity contribution in [2.24, 2.45) is 0 Å². The van der Waals surface area contributed by atoms with Crippen molar-refractivity contribution in [1.29, 1.82) is 5.26 Å². The highest BCUT2D eigenvalue weighted by molar-refractivity contribution is 9.10. The second kappa shape index (κ2) is 8.57. The van der Waals surface area contributed by atoms with Gasteiger partial charge in [0.1, 0.15) is 22.4 Å². The molecule has 0 spiro atoms. The Morgan fingerprint density at radius 1 is 1.50 bits per heavy atom. The number of aromatic nitrogens is 2. The van der Waals surface area contributed by atoms with Crippen molar-refractivity contribution >= 4 is 44.4 Å². The molecule has 124 valence electrons. The van der Waals surface area contributed by atoms with Crippen LogP contribution in [0.15, 0.2) is 28.2 Å². The molecule has 0 aliphatic rings. The molecule has 0 radical (unpaired) electrons. The standard InChI is InChI=1S/C16H15BrN4O2S/c1-3-4-14-20-21-16(24-14)19-15(22)11(9-18)7-10-8-12(17)5-6-13(10)23-2/h5-8H,3-4H2,1-2H3,(H,19,21,22)/b11-7-. The molecular formula is C16H15BrN4O2S. The van der Waals surface area contributed by atoms with Gasteiger partial charge in [0.25, 0.3) is 5.91 Å². The molecule has 1 aromatic carbocycles. The number of hydrogen-bond donors (Lipinski definition) is 1. The normalized spacial score (nSPS) is 11.0. The number of carbonyl (C=O) groups excluding carboxylic acids is 1. The summed E-state index contributed by atoms with van der Waals surface area (Å²) in [4.78, 5) is 12.3. The summed E-state index contributed by atoms with van der Waals surface area (Å²) in [5.41, 5.74) is 0.584. The van der Waals surface area contributed by atoms with E-state index in [0.29, 0.717) is 16.4 Å². The van der Waals surface area contributed by atoms with Crippen molar-refractivity contribution in [3.05, 3.63) is 38.8 Å². The van der Waals surface area contributed by atoms with Gasteiger partial charge in [-0.2, -0.15) is 5.26 Å². The van der Waals surface area contributed by atoms with Gasteiger partial charge in [0.15, 0.2) is 0 Å². The number of amides is 1. The summed E-state index contributed by atoms with van der Waals surface area (Å²) in [6, 6.07) is 7.25. The van der Waals surface area contributed by atoms with Crippen LogP contribution in [-0.4, -0.2) is 23.2 Å².